The summed E-state index contributed by atoms with van der Waals surface area (Å²) in [6.45, 7) is 2.86. The van der Waals surface area contributed by atoms with Gasteiger partial charge in [0.25, 0.3) is 0 Å². The molecular weight excluding hydrogens is 248 g/mol. The fraction of sp³-hybridized carbons (Fsp3) is 0.188. The predicted molar refractivity (Wildman–Crippen MR) is 78.1 cm³/mol. The standard InChI is InChI=1S/C16H16N4/c1-13-5-7-14(8-6-13)16-12-20(19-18-16)11-9-15-4-2-3-10-17-15/h2-8,10,12H,9,11H2,1H3. The van der Waals surface area contributed by atoms with Gasteiger partial charge in [-0.15, -0.1) is 5.10 Å². The summed E-state index contributed by atoms with van der Waals surface area (Å²) in [5, 5.41) is 8.39. The van der Waals surface area contributed by atoms with E-state index < -0.39 is 0 Å². The van der Waals surface area contributed by atoms with E-state index >= 15 is 0 Å². The molecule has 0 fully saturated rings. The van der Waals surface area contributed by atoms with Crippen LogP contribution in [0.4, 0.5) is 0 Å². The third-order valence-corrected chi connectivity index (χ3v) is 3.21. The lowest BCUT2D eigenvalue weighted by molar-refractivity contribution is 0.584. The normalized spacial score (nSPS) is 10.7. The van der Waals surface area contributed by atoms with E-state index in [0.29, 0.717) is 0 Å². The van der Waals surface area contributed by atoms with Gasteiger partial charge in [0.1, 0.15) is 5.69 Å². The van der Waals surface area contributed by atoms with Gasteiger partial charge in [0.15, 0.2) is 0 Å². The van der Waals surface area contributed by atoms with Crippen molar-refractivity contribution in [3.8, 4) is 11.3 Å². The van der Waals surface area contributed by atoms with Gasteiger partial charge in [0.2, 0.25) is 0 Å². The molecule has 0 aliphatic carbocycles. The highest BCUT2D eigenvalue weighted by molar-refractivity contribution is 5.57. The number of nitrogens with zero attached hydrogens (tertiary/aromatic N) is 4. The van der Waals surface area contributed by atoms with Crippen LogP contribution in [0.1, 0.15) is 11.3 Å². The van der Waals surface area contributed by atoms with Crippen molar-refractivity contribution in [3.63, 3.8) is 0 Å². The Labute approximate surface area is 118 Å². The van der Waals surface area contributed by atoms with Crippen molar-refractivity contribution in [1.82, 2.24) is 20.0 Å². The quantitative estimate of drug-likeness (QED) is 0.727. The lowest BCUT2D eigenvalue weighted by Gasteiger charge is -1.99. The first kappa shape index (κ1) is 12.5. The minimum atomic E-state index is 0.788. The second kappa shape index (κ2) is 5.65. The second-order valence-electron chi connectivity index (χ2n) is 4.80. The highest BCUT2D eigenvalue weighted by atomic mass is 15.4. The van der Waals surface area contributed by atoms with E-state index in [0.717, 1.165) is 29.9 Å². The molecule has 3 rings (SSSR count). The van der Waals surface area contributed by atoms with Crippen LogP contribution < -0.4 is 0 Å². The molecule has 4 heteroatoms. The first-order valence-corrected chi connectivity index (χ1v) is 6.68. The molecule has 0 atom stereocenters. The Kier molecular flexibility index (Phi) is 3.54. The average molecular weight is 264 g/mol. The van der Waals surface area contributed by atoms with Gasteiger partial charge in [-0.05, 0) is 19.1 Å². The van der Waals surface area contributed by atoms with Crippen LogP contribution in [0.3, 0.4) is 0 Å². The molecule has 0 amide bonds. The molecule has 2 heterocycles. The van der Waals surface area contributed by atoms with Gasteiger partial charge in [-0.25, -0.2) is 0 Å². The molecule has 0 N–H and O–H groups in total. The van der Waals surface area contributed by atoms with Crippen molar-refractivity contribution < 1.29 is 0 Å². The first-order chi connectivity index (χ1) is 9.81. The molecule has 3 aromatic rings. The Morgan fingerprint density at radius 1 is 1.05 bits per heavy atom. The fourth-order valence-electron chi connectivity index (χ4n) is 2.04. The molecule has 20 heavy (non-hydrogen) atoms. The fourth-order valence-corrected chi connectivity index (χ4v) is 2.04. The molecule has 0 aliphatic rings. The Bertz CT molecular complexity index is 671. The molecule has 0 saturated carbocycles. The summed E-state index contributed by atoms with van der Waals surface area (Å²) < 4.78 is 1.86. The Morgan fingerprint density at radius 3 is 2.65 bits per heavy atom. The molecule has 4 nitrogen and oxygen atoms in total. The summed E-state index contributed by atoms with van der Waals surface area (Å²) in [5.41, 5.74) is 4.32. The topological polar surface area (TPSA) is 43.6 Å². The van der Waals surface area contributed by atoms with Crippen LogP contribution in [0.15, 0.2) is 54.9 Å². The number of pyridine rings is 1. The summed E-state index contributed by atoms with van der Waals surface area (Å²) >= 11 is 0. The Morgan fingerprint density at radius 2 is 1.90 bits per heavy atom. The van der Waals surface area contributed by atoms with Crippen molar-refractivity contribution >= 4 is 0 Å². The van der Waals surface area contributed by atoms with E-state index in [9.17, 15) is 0 Å². The highest BCUT2D eigenvalue weighted by Gasteiger charge is 2.04. The highest BCUT2D eigenvalue weighted by Crippen LogP contribution is 2.16. The molecule has 1 aromatic carbocycles. The van der Waals surface area contributed by atoms with Gasteiger partial charge in [-0.3, -0.25) is 9.67 Å². The van der Waals surface area contributed by atoms with Crippen molar-refractivity contribution in [2.45, 2.75) is 19.9 Å². The van der Waals surface area contributed by atoms with Crippen LogP contribution in [-0.4, -0.2) is 20.0 Å². The number of aromatic nitrogens is 4. The third-order valence-electron chi connectivity index (χ3n) is 3.21. The van der Waals surface area contributed by atoms with Crippen LogP contribution in [0.5, 0.6) is 0 Å². The molecule has 0 radical (unpaired) electrons. The van der Waals surface area contributed by atoms with E-state index in [1.165, 1.54) is 5.56 Å². The van der Waals surface area contributed by atoms with Gasteiger partial charge in [0, 0.05) is 30.4 Å². The Hall–Kier alpha value is -2.49. The van der Waals surface area contributed by atoms with E-state index in [1.807, 2.05) is 35.3 Å². The lowest BCUT2D eigenvalue weighted by atomic mass is 10.1. The van der Waals surface area contributed by atoms with E-state index in [1.54, 1.807) is 0 Å². The lowest BCUT2D eigenvalue weighted by Crippen LogP contribution is -2.03. The second-order valence-corrected chi connectivity index (χ2v) is 4.80. The minimum absolute atomic E-state index is 0.788. The van der Waals surface area contributed by atoms with Crippen LogP contribution in [0.2, 0.25) is 0 Å². The van der Waals surface area contributed by atoms with Crippen LogP contribution in [0.25, 0.3) is 11.3 Å². The molecule has 0 bridgehead atoms. The maximum atomic E-state index is 4.31. The minimum Gasteiger partial charge on any atom is -0.261 e. The number of hydrogen-bond acceptors (Lipinski definition) is 3. The van der Waals surface area contributed by atoms with Crippen molar-refractivity contribution in [1.29, 1.82) is 0 Å². The van der Waals surface area contributed by atoms with Crippen molar-refractivity contribution in [3.05, 3.63) is 66.1 Å². The van der Waals surface area contributed by atoms with Crippen molar-refractivity contribution in [2.24, 2.45) is 0 Å². The van der Waals surface area contributed by atoms with Crippen LogP contribution in [-0.2, 0) is 13.0 Å². The van der Waals surface area contributed by atoms with Crippen LogP contribution in [0, 0.1) is 6.92 Å². The van der Waals surface area contributed by atoms with E-state index in [2.05, 4.69) is 46.5 Å². The summed E-state index contributed by atoms with van der Waals surface area (Å²) in [4.78, 5) is 4.31. The zero-order valence-electron chi connectivity index (χ0n) is 11.4. The summed E-state index contributed by atoms with van der Waals surface area (Å²) in [7, 11) is 0. The predicted octanol–water partition coefficient (Wildman–Crippen LogP) is 2.89. The largest absolute Gasteiger partial charge is 0.261 e. The zero-order valence-corrected chi connectivity index (χ0v) is 11.4. The molecule has 0 aliphatic heterocycles. The SMILES string of the molecule is Cc1ccc(-c2cn(CCc3ccccn3)nn2)cc1. The summed E-state index contributed by atoms with van der Waals surface area (Å²) in [5.74, 6) is 0. The first-order valence-electron chi connectivity index (χ1n) is 6.68. The van der Waals surface area contributed by atoms with E-state index in [4.69, 9.17) is 0 Å². The van der Waals surface area contributed by atoms with E-state index in [-0.39, 0.29) is 0 Å². The van der Waals surface area contributed by atoms with Gasteiger partial charge in [-0.2, -0.15) is 0 Å². The van der Waals surface area contributed by atoms with Gasteiger partial charge < -0.3 is 0 Å². The Balaban J connectivity index is 1.69. The summed E-state index contributed by atoms with van der Waals surface area (Å²) in [6, 6.07) is 14.3. The molecule has 0 spiro atoms. The van der Waals surface area contributed by atoms with Gasteiger partial charge in [-0.1, -0.05) is 41.1 Å². The molecule has 0 unspecified atom stereocenters. The molecular formula is C16H16N4. The average Bonchev–Trinajstić information content (AvgIpc) is 2.96. The van der Waals surface area contributed by atoms with Crippen molar-refractivity contribution in [2.75, 3.05) is 0 Å². The number of aryl methyl sites for hydroxylation is 3. The maximum Gasteiger partial charge on any atom is 0.113 e. The molecule has 0 saturated heterocycles. The summed E-state index contributed by atoms with van der Waals surface area (Å²) in [6.07, 6.45) is 4.65. The molecule has 100 valence electrons. The van der Waals surface area contributed by atoms with Gasteiger partial charge >= 0.3 is 0 Å². The van der Waals surface area contributed by atoms with Gasteiger partial charge in [0.05, 0.1) is 6.20 Å². The zero-order chi connectivity index (χ0) is 13.8. The number of rotatable bonds is 4. The number of hydrogen-bond donors (Lipinski definition) is 0. The maximum absolute atomic E-state index is 4.31. The monoisotopic (exact) mass is 264 g/mol. The van der Waals surface area contributed by atoms with Crippen LogP contribution >= 0.6 is 0 Å². The smallest absolute Gasteiger partial charge is 0.113 e. The molecule has 2 aromatic heterocycles. The third kappa shape index (κ3) is 2.91. The number of benzene rings is 1.